The van der Waals surface area contributed by atoms with E-state index >= 15 is 0 Å². The third-order valence-electron chi connectivity index (χ3n) is 13.6. The Morgan fingerprint density at radius 2 is 0.651 bits per heavy atom. The number of unbranched alkanes of at least 4 members (excludes halogenated alkanes) is 20. The van der Waals surface area contributed by atoms with Gasteiger partial charge in [-0.2, -0.15) is 0 Å². The number of ether oxygens (including phenoxy) is 4. The zero-order valence-corrected chi connectivity index (χ0v) is 53.5. The van der Waals surface area contributed by atoms with Gasteiger partial charge < -0.3 is 33.3 Å². The number of carboxylic acid groups (broad SMARTS) is 1. The fraction of sp³-hybridized carbons (Fsp3) is 0.635. The average molecular weight is 1150 g/mol. The first-order chi connectivity index (χ1) is 40.6. The first-order valence-corrected chi connectivity index (χ1v) is 33.0. The molecule has 0 spiro atoms. The van der Waals surface area contributed by atoms with E-state index in [0.29, 0.717) is 23.9 Å². The Bertz CT molecular complexity index is 1870. The zero-order valence-electron chi connectivity index (χ0n) is 53.5. The van der Waals surface area contributed by atoms with Gasteiger partial charge in [-0.15, -0.1) is 0 Å². The predicted octanol–water partition coefficient (Wildman–Crippen LogP) is 19.0. The quantitative estimate of drug-likeness (QED) is 0.0195. The highest BCUT2D eigenvalue weighted by Gasteiger charge is 2.22. The number of hydrogen-bond acceptors (Lipinski definition) is 8. The number of rotatable bonds is 59. The molecular formula is C74H121NO8. The molecule has 470 valence electrons. The number of nitrogens with zero attached hydrogens (tertiary/aromatic N) is 1. The summed E-state index contributed by atoms with van der Waals surface area (Å²) in [6.07, 6.45) is 89.2. The monoisotopic (exact) mass is 1150 g/mol. The topological polar surface area (TPSA) is 111 Å². The number of quaternary nitrogens is 1. The maximum atomic E-state index is 12.9. The number of aliphatic carboxylic acids is 1. The standard InChI is InChI=1S/C74H121NO8/c1-6-8-10-12-14-16-18-20-22-24-26-27-28-29-30-31-32-33-34-35-36-37-38-39-40-41-42-43-44-45-47-49-51-53-55-57-59-61-63-65-72(77)83-70(69-82-74(73(78)79)80-67-66-75(3,4)5)68-81-71(76)64-62-60-58-56-54-52-50-48-46-25-23-21-19-17-15-13-11-9-7-2/h8-11,14-17,20-23,26-27,29-30,32-33,35-36,46,48,52,54,70,74H,6-7,12-13,18-19,24-25,28,31,34,37-45,47,49-51,53,55-69H2,1-5H3/b10-8-,11-9-,16-14-,17-15-,22-20-,23-21-,27-26-,30-29-,33-32-,36-35-,48-46-,54-52-. The highest BCUT2D eigenvalue weighted by atomic mass is 16.7. The van der Waals surface area contributed by atoms with Gasteiger partial charge in [-0.1, -0.05) is 262 Å². The lowest BCUT2D eigenvalue weighted by atomic mass is 10.0. The lowest BCUT2D eigenvalue weighted by Crippen LogP contribution is -2.44. The van der Waals surface area contributed by atoms with Crippen LogP contribution in [0.25, 0.3) is 0 Å². The highest BCUT2D eigenvalue weighted by molar-refractivity contribution is 5.70. The molecule has 0 aromatic rings. The second-order valence-corrected chi connectivity index (χ2v) is 22.6. The van der Waals surface area contributed by atoms with Crippen LogP contribution in [0.3, 0.4) is 0 Å². The number of hydrogen-bond donors (Lipinski definition) is 0. The Morgan fingerprint density at radius 3 is 0.976 bits per heavy atom. The summed E-state index contributed by atoms with van der Waals surface area (Å²) < 4.78 is 22.7. The molecule has 0 aliphatic rings. The molecule has 0 saturated carbocycles. The van der Waals surface area contributed by atoms with Crippen LogP contribution in [0.1, 0.15) is 245 Å². The Kier molecular flexibility index (Phi) is 59.5. The van der Waals surface area contributed by atoms with Gasteiger partial charge in [-0.3, -0.25) is 9.59 Å². The molecule has 83 heavy (non-hydrogen) atoms. The minimum atomic E-state index is -1.64. The van der Waals surface area contributed by atoms with Crippen molar-refractivity contribution in [1.82, 2.24) is 0 Å². The summed E-state index contributed by atoms with van der Waals surface area (Å²) in [6.45, 7) is 4.47. The van der Waals surface area contributed by atoms with Crippen LogP contribution in [0.2, 0.25) is 0 Å². The smallest absolute Gasteiger partial charge is 0.306 e. The van der Waals surface area contributed by atoms with E-state index in [2.05, 4.69) is 160 Å². The van der Waals surface area contributed by atoms with Crippen molar-refractivity contribution in [2.45, 2.75) is 257 Å². The Hall–Kier alpha value is -4.83. The SMILES string of the molecule is CC/C=C\C/C=C\C/C=C\C/C=C\C/C=C\C/C=C\C/C=C\CCCCCCCCCCCCCCCCCCCC(=O)OC(COC(=O)CCCCC/C=C\C/C=C\C/C=C\C/C=C\C/C=C\CC)COC(OCC[N+](C)(C)C)C(=O)[O-]. The van der Waals surface area contributed by atoms with Crippen LogP contribution in [-0.2, 0) is 33.3 Å². The van der Waals surface area contributed by atoms with Crippen molar-refractivity contribution in [1.29, 1.82) is 0 Å². The molecule has 9 heteroatoms. The van der Waals surface area contributed by atoms with Gasteiger partial charge in [0.25, 0.3) is 0 Å². The fourth-order valence-corrected chi connectivity index (χ4v) is 8.60. The van der Waals surface area contributed by atoms with E-state index in [-0.39, 0.29) is 32.7 Å². The van der Waals surface area contributed by atoms with Crippen molar-refractivity contribution in [3.63, 3.8) is 0 Å². The van der Waals surface area contributed by atoms with Crippen molar-refractivity contribution >= 4 is 17.9 Å². The molecule has 9 nitrogen and oxygen atoms in total. The summed E-state index contributed by atoms with van der Waals surface area (Å²) in [7, 11) is 5.91. The number of carboxylic acids is 1. The largest absolute Gasteiger partial charge is 0.545 e. The van der Waals surface area contributed by atoms with E-state index in [1.165, 1.54) is 89.9 Å². The number of carbonyl (C=O) groups is 3. The third kappa shape index (κ3) is 64.6. The van der Waals surface area contributed by atoms with Crippen LogP contribution in [0, 0.1) is 0 Å². The molecular weight excluding hydrogens is 1030 g/mol. The van der Waals surface area contributed by atoms with Crippen molar-refractivity contribution < 1.29 is 42.9 Å². The van der Waals surface area contributed by atoms with Gasteiger partial charge >= 0.3 is 11.9 Å². The average Bonchev–Trinajstić information content (AvgIpc) is 3.46. The van der Waals surface area contributed by atoms with Gasteiger partial charge in [0.1, 0.15) is 13.2 Å². The normalized spacial score (nSPS) is 13.7. The first-order valence-electron chi connectivity index (χ1n) is 33.0. The van der Waals surface area contributed by atoms with Crippen LogP contribution >= 0.6 is 0 Å². The van der Waals surface area contributed by atoms with Gasteiger partial charge in [0.2, 0.25) is 0 Å². The summed E-state index contributed by atoms with van der Waals surface area (Å²) in [4.78, 5) is 37.4. The van der Waals surface area contributed by atoms with Gasteiger partial charge in [-0.05, 0) is 116 Å². The van der Waals surface area contributed by atoms with Crippen LogP contribution in [0.15, 0.2) is 146 Å². The van der Waals surface area contributed by atoms with Crippen molar-refractivity contribution in [3.05, 3.63) is 146 Å². The minimum Gasteiger partial charge on any atom is -0.545 e. The van der Waals surface area contributed by atoms with E-state index in [1.54, 1.807) is 0 Å². The van der Waals surface area contributed by atoms with E-state index in [1.807, 2.05) is 21.1 Å². The van der Waals surface area contributed by atoms with Crippen LogP contribution in [0.5, 0.6) is 0 Å². The van der Waals surface area contributed by atoms with Crippen molar-refractivity contribution in [3.8, 4) is 0 Å². The van der Waals surface area contributed by atoms with Gasteiger partial charge in [-0.25, -0.2) is 0 Å². The number of esters is 2. The van der Waals surface area contributed by atoms with E-state index in [4.69, 9.17) is 18.9 Å². The molecule has 0 radical (unpaired) electrons. The van der Waals surface area contributed by atoms with E-state index < -0.39 is 30.3 Å². The van der Waals surface area contributed by atoms with Crippen LogP contribution in [0.4, 0.5) is 0 Å². The predicted molar refractivity (Wildman–Crippen MR) is 352 cm³/mol. The van der Waals surface area contributed by atoms with Crippen LogP contribution < -0.4 is 5.11 Å². The number of likely N-dealkylation sites (N-methyl/N-ethyl adjacent to an activating group) is 1. The molecule has 0 aliphatic carbocycles. The molecule has 0 fully saturated rings. The molecule has 0 rings (SSSR count). The lowest BCUT2D eigenvalue weighted by molar-refractivity contribution is -0.870. The molecule has 0 aliphatic heterocycles. The van der Waals surface area contributed by atoms with Crippen LogP contribution in [-0.4, -0.2) is 82.3 Å². The van der Waals surface area contributed by atoms with Crippen molar-refractivity contribution in [2.24, 2.45) is 0 Å². The van der Waals surface area contributed by atoms with Gasteiger partial charge in [0, 0.05) is 12.8 Å². The van der Waals surface area contributed by atoms with Gasteiger partial charge in [0.15, 0.2) is 12.4 Å². The van der Waals surface area contributed by atoms with Crippen molar-refractivity contribution in [2.75, 3.05) is 47.5 Å². The fourth-order valence-electron chi connectivity index (χ4n) is 8.60. The first kappa shape index (κ1) is 78.2. The molecule has 0 heterocycles. The second kappa shape index (κ2) is 63.2. The summed E-state index contributed by atoms with van der Waals surface area (Å²) in [5.74, 6) is -2.33. The maximum absolute atomic E-state index is 12.9. The van der Waals surface area contributed by atoms with E-state index in [0.717, 1.165) is 116 Å². The third-order valence-corrected chi connectivity index (χ3v) is 13.6. The Labute approximate surface area is 509 Å². The molecule has 0 aromatic carbocycles. The number of allylic oxidation sites excluding steroid dienone is 24. The molecule has 2 atom stereocenters. The molecule has 0 bridgehead atoms. The zero-order chi connectivity index (χ0) is 60.5. The maximum Gasteiger partial charge on any atom is 0.306 e. The molecule has 0 N–H and O–H groups in total. The lowest BCUT2D eigenvalue weighted by Gasteiger charge is -2.26. The Morgan fingerprint density at radius 1 is 0.361 bits per heavy atom. The summed E-state index contributed by atoms with van der Waals surface area (Å²) >= 11 is 0. The molecule has 0 saturated heterocycles. The summed E-state index contributed by atoms with van der Waals surface area (Å²) in [5.41, 5.74) is 0. The second-order valence-electron chi connectivity index (χ2n) is 22.6. The molecule has 0 amide bonds. The summed E-state index contributed by atoms with van der Waals surface area (Å²) in [6, 6.07) is 0. The number of carbonyl (C=O) groups excluding carboxylic acids is 3. The van der Waals surface area contributed by atoms with Gasteiger partial charge in [0.05, 0.1) is 40.3 Å². The molecule has 0 aromatic heterocycles. The summed E-state index contributed by atoms with van der Waals surface area (Å²) in [5, 5.41) is 11.8. The molecule has 2 unspecified atom stereocenters. The highest BCUT2D eigenvalue weighted by Crippen LogP contribution is 2.16. The van der Waals surface area contributed by atoms with E-state index in [9.17, 15) is 19.5 Å². The Balaban J connectivity index is 4.12. The minimum absolute atomic E-state index is 0.136.